The van der Waals surface area contributed by atoms with Crippen LogP contribution in [0.25, 0.3) is 0 Å². The van der Waals surface area contributed by atoms with Gasteiger partial charge in [-0.1, -0.05) is 26.7 Å². The highest BCUT2D eigenvalue weighted by atomic mass is 32.2. The van der Waals surface area contributed by atoms with Gasteiger partial charge in [-0.25, -0.2) is 0 Å². The van der Waals surface area contributed by atoms with E-state index in [0.29, 0.717) is 30.6 Å². The molecule has 1 saturated heterocycles. The minimum atomic E-state index is -4.48. The van der Waals surface area contributed by atoms with Gasteiger partial charge in [-0.3, -0.25) is 14.5 Å². The van der Waals surface area contributed by atoms with Gasteiger partial charge in [0.15, 0.2) is 0 Å². The first-order chi connectivity index (χ1) is 15.2. The Labute approximate surface area is 190 Å². The van der Waals surface area contributed by atoms with E-state index in [2.05, 4.69) is 29.4 Å². The number of ether oxygens (including phenoxy) is 1. The van der Waals surface area contributed by atoms with Gasteiger partial charge in [0.2, 0.25) is 11.8 Å². The molecule has 0 aliphatic carbocycles. The average Bonchev–Trinajstić information content (AvgIpc) is 2.76. The summed E-state index contributed by atoms with van der Waals surface area (Å²) in [6, 6.07) is 3.46. The second-order valence-electron chi connectivity index (χ2n) is 8.10. The normalized spacial score (nSPS) is 20.6. The molecule has 0 bridgehead atoms. The number of amides is 2. The van der Waals surface area contributed by atoms with Crippen LogP contribution in [-0.4, -0.2) is 60.9 Å². The molecule has 2 amide bonds. The summed E-state index contributed by atoms with van der Waals surface area (Å²) in [6.07, 6.45) is -2.50. The molecule has 6 nitrogen and oxygen atoms in total. The first-order valence-electron chi connectivity index (χ1n) is 11.0. The van der Waals surface area contributed by atoms with E-state index in [9.17, 15) is 22.8 Å². The van der Waals surface area contributed by atoms with E-state index >= 15 is 0 Å². The van der Waals surface area contributed by atoms with Gasteiger partial charge >= 0.3 is 6.18 Å². The number of alkyl halides is 3. The molecule has 0 spiro atoms. The summed E-state index contributed by atoms with van der Waals surface area (Å²) in [5.74, 6) is -0.255. The Balaban J connectivity index is 1.59. The number of nitrogens with zero attached hydrogens (tertiary/aromatic N) is 1. The molecule has 1 fully saturated rings. The number of carbonyl (C=O) groups is 2. The molecule has 0 aromatic heterocycles. The predicted molar refractivity (Wildman–Crippen MR) is 118 cm³/mol. The zero-order valence-corrected chi connectivity index (χ0v) is 19.2. The molecule has 2 aliphatic rings. The zero-order chi connectivity index (χ0) is 23.3. The van der Waals surface area contributed by atoms with Crippen molar-refractivity contribution in [2.75, 3.05) is 38.2 Å². The molecule has 1 aromatic carbocycles. The van der Waals surface area contributed by atoms with E-state index in [1.54, 1.807) is 0 Å². The highest BCUT2D eigenvalue weighted by Gasteiger charge is 2.34. The Kier molecular flexibility index (Phi) is 8.46. The van der Waals surface area contributed by atoms with Crippen molar-refractivity contribution in [1.82, 2.24) is 10.2 Å². The topological polar surface area (TPSA) is 70.7 Å². The lowest BCUT2D eigenvalue weighted by Crippen LogP contribution is -2.52. The first-order valence-corrected chi connectivity index (χ1v) is 11.9. The number of fused-ring (bicyclic) bond motifs is 1. The number of halogens is 3. The molecule has 3 rings (SSSR count). The van der Waals surface area contributed by atoms with Crippen molar-refractivity contribution in [3.8, 4) is 0 Å². The molecule has 178 valence electrons. The van der Waals surface area contributed by atoms with Gasteiger partial charge < -0.3 is 15.4 Å². The van der Waals surface area contributed by atoms with Gasteiger partial charge in [0.25, 0.3) is 0 Å². The van der Waals surface area contributed by atoms with Crippen LogP contribution in [0.4, 0.5) is 18.9 Å². The number of rotatable bonds is 8. The van der Waals surface area contributed by atoms with E-state index in [0.717, 1.165) is 49.8 Å². The molecule has 0 radical (unpaired) electrons. The Morgan fingerprint density at radius 2 is 1.97 bits per heavy atom. The maximum atomic E-state index is 12.9. The standard InChI is InChI=1S/C22H30F3N3O3S/c1-3-14(4-2)17(28-7-9-31-10-8-28)13-26-20(29)12-19-21(30)27-16-11-15(22(23,24)25)5-6-18(16)32-19/h5-6,11,14,17,19H,3-4,7-10,12-13H2,1-2H3,(H,26,29)(H,27,30)/t17-,19-/m1/s1. The second-order valence-corrected chi connectivity index (χ2v) is 9.35. The minimum Gasteiger partial charge on any atom is -0.379 e. The lowest BCUT2D eigenvalue weighted by Gasteiger charge is -2.39. The van der Waals surface area contributed by atoms with Gasteiger partial charge in [0.05, 0.1) is 29.7 Å². The van der Waals surface area contributed by atoms with Crippen LogP contribution < -0.4 is 10.6 Å². The number of hydrogen-bond acceptors (Lipinski definition) is 5. The maximum Gasteiger partial charge on any atom is 0.416 e. The average molecular weight is 474 g/mol. The summed E-state index contributed by atoms with van der Waals surface area (Å²) < 4.78 is 44.2. The monoisotopic (exact) mass is 473 g/mol. The van der Waals surface area contributed by atoms with E-state index in [4.69, 9.17) is 4.74 Å². The van der Waals surface area contributed by atoms with Crippen molar-refractivity contribution in [3.63, 3.8) is 0 Å². The molecule has 2 N–H and O–H groups in total. The highest BCUT2D eigenvalue weighted by Crippen LogP contribution is 2.40. The largest absolute Gasteiger partial charge is 0.416 e. The number of morpholine rings is 1. The third-order valence-corrected chi connectivity index (χ3v) is 7.39. The Hall–Kier alpha value is -1.78. The molecule has 2 heterocycles. The number of thioether (sulfide) groups is 1. The number of carbonyl (C=O) groups excluding carboxylic acids is 2. The van der Waals surface area contributed by atoms with Gasteiger partial charge in [0, 0.05) is 37.0 Å². The fraction of sp³-hybridized carbons (Fsp3) is 0.636. The van der Waals surface area contributed by atoms with E-state index < -0.39 is 22.9 Å². The van der Waals surface area contributed by atoms with Crippen LogP contribution in [-0.2, 0) is 20.5 Å². The van der Waals surface area contributed by atoms with Crippen LogP contribution >= 0.6 is 11.8 Å². The summed E-state index contributed by atoms with van der Waals surface area (Å²) in [5.41, 5.74) is -0.684. The third-order valence-electron chi connectivity index (χ3n) is 6.11. The van der Waals surface area contributed by atoms with E-state index in [-0.39, 0.29) is 24.1 Å². The van der Waals surface area contributed by atoms with Crippen molar-refractivity contribution in [3.05, 3.63) is 23.8 Å². The van der Waals surface area contributed by atoms with Crippen LogP contribution in [0.3, 0.4) is 0 Å². The zero-order valence-electron chi connectivity index (χ0n) is 18.3. The van der Waals surface area contributed by atoms with Crippen LogP contribution in [0.1, 0.15) is 38.7 Å². The lowest BCUT2D eigenvalue weighted by atomic mass is 9.92. The Morgan fingerprint density at radius 1 is 1.28 bits per heavy atom. The lowest BCUT2D eigenvalue weighted by molar-refractivity contribution is -0.137. The molecule has 0 saturated carbocycles. The Bertz CT molecular complexity index is 811. The van der Waals surface area contributed by atoms with Crippen molar-refractivity contribution in [2.24, 2.45) is 5.92 Å². The Morgan fingerprint density at radius 3 is 2.59 bits per heavy atom. The summed E-state index contributed by atoms with van der Waals surface area (Å²) in [4.78, 5) is 28.0. The van der Waals surface area contributed by atoms with E-state index in [1.165, 1.54) is 6.07 Å². The highest BCUT2D eigenvalue weighted by molar-refractivity contribution is 8.01. The molecule has 1 aromatic rings. The molecular weight excluding hydrogens is 443 g/mol. The van der Waals surface area contributed by atoms with Crippen molar-refractivity contribution >= 4 is 29.3 Å². The number of anilines is 1. The molecule has 10 heteroatoms. The van der Waals surface area contributed by atoms with Gasteiger partial charge in [-0.05, 0) is 24.1 Å². The summed E-state index contributed by atoms with van der Waals surface area (Å²) in [7, 11) is 0. The molecule has 0 unspecified atom stereocenters. The fourth-order valence-electron chi connectivity index (χ4n) is 4.26. The van der Waals surface area contributed by atoms with Crippen molar-refractivity contribution in [1.29, 1.82) is 0 Å². The maximum absolute atomic E-state index is 12.9. The summed E-state index contributed by atoms with van der Waals surface area (Å²) >= 11 is 1.12. The first kappa shape index (κ1) is 24.9. The number of nitrogens with one attached hydrogen (secondary N) is 2. The SMILES string of the molecule is CCC(CC)[C@@H](CNC(=O)C[C@H]1Sc2ccc(C(F)(F)F)cc2NC1=O)N1CCOCC1. The van der Waals surface area contributed by atoms with Crippen LogP contribution in [0.15, 0.2) is 23.1 Å². The number of benzene rings is 1. The molecule has 2 atom stereocenters. The van der Waals surface area contributed by atoms with Crippen molar-refractivity contribution < 1.29 is 27.5 Å². The quantitative estimate of drug-likeness (QED) is 0.602. The van der Waals surface area contributed by atoms with Crippen LogP contribution in [0.5, 0.6) is 0 Å². The van der Waals surface area contributed by atoms with Gasteiger partial charge in [-0.15, -0.1) is 11.8 Å². The fourth-order valence-corrected chi connectivity index (χ4v) is 5.35. The third kappa shape index (κ3) is 6.17. The predicted octanol–water partition coefficient (Wildman–Crippen LogP) is 3.76. The van der Waals surface area contributed by atoms with E-state index in [1.807, 2.05) is 0 Å². The summed E-state index contributed by atoms with van der Waals surface area (Å²) in [5, 5.41) is 4.82. The van der Waals surface area contributed by atoms with Gasteiger partial charge in [0.1, 0.15) is 0 Å². The summed E-state index contributed by atoms with van der Waals surface area (Å²) in [6.45, 7) is 7.80. The van der Waals surface area contributed by atoms with Gasteiger partial charge in [-0.2, -0.15) is 13.2 Å². The van der Waals surface area contributed by atoms with Crippen LogP contribution in [0.2, 0.25) is 0 Å². The molecular formula is C22H30F3N3O3S. The number of hydrogen-bond donors (Lipinski definition) is 2. The molecule has 2 aliphatic heterocycles. The second kappa shape index (κ2) is 10.9. The molecule has 32 heavy (non-hydrogen) atoms. The van der Waals surface area contributed by atoms with Crippen LogP contribution in [0, 0.1) is 5.92 Å². The van der Waals surface area contributed by atoms with Crippen molar-refractivity contribution in [2.45, 2.75) is 55.5 Å². The minimum absolute atomic E-state index is 0.0320. The smallest absolute Gasteiger partial charge is 0.379 e.